The third-order valence-electron chi connectivity index (χ3n) is 4.29. The standard InChI is InChI=1S/C18H21NO/c1-13-17(15-9-5-6-10-16(15)18(13)20)19-12-11-14-7-3-2-4-8-14/h2-10,13,17-20H,11-12H2,1H3. The Bertz CT molecular complexity index is 567. The summed E-state index contributed by atoms with van der Waals surface area (Å²) in [7, 11) is 0. The number of hydrogen-bond donors (Lipinski definition) is 2. The molecule has 104 valence electrons. The minimum absolute atomic E-state index is 0.225. The Morgan fingerprint density at radius 2 is 1.60 bits per heavy atom. The van der Waals surface area contributed by atoms with Crippen LogP contribution in [0.1, 0.15) is 35.8 Å². The van der Waals surface area contributed by atoms with Gasteiger partial charge in [-0.15, -0.1) is 0 Å². The zero-order chi connectivity index (χ0) is 13.9. The van der Waals surface area contributed by atoms with Crippen molar-refractivity contribution in [3.63, 3.8) is 0 Å². The highest BCUT2D eigenvalue weighted by Crippen LogP contribution is 2.43. The van der Waals surface area contributed by atoms with Gasteiger partial charge in [0.15, 0.2) is 0 Å². The van der Waals surface area contributed by atoms with Crippen LogP contribution in [0.3, 0.4) is 0 Å². The molecule has 0 saturated carbocycles. The van der Waals surface area contributed by atoms with E-state index in [4.69, 9.17) is 0 Å². The maximum Gasteiger partial charge on any atom is 0.0836 e. The van der Waals surface area contributed by atoms with Crippen molar-refractivity contribution in [2.75, 3.05) is 6.54 Å². The van der Waals surface area contributed by atoms with Gasteiger partial charge in [-0.2, -0.15) is 0 Å². The number of nitrogens with one attached hydrogen (secondary N) is 1. The molecule has 0 aromatic heterocycles. The number of aliphatic hydroxyl groups is 1. The first-order valence-corrected chi connectivity index (χ1v) is 7.31. The lowest BCUT2D eigenvalue weighted by atomic mass is 10.0. The Morgan fingerprint density at radius 3 is 2.35 bits per heavy atom. The molecule has 2 aromatic rings. The van der Waals surface area contributed by atoms with E-state index in [-0.39, 0.29) is 18.1 Å². The number of rotatable bonds is 4. The fourth-order valence-corrected chi connectivity index (χ4v) is 3.12. The van der Waals surface area contributed by atoms with Crippen LogP contribution in [0.4, 0.5) is 0 Å². The second kappa shape index (κ2) is 5.78. The van der Waals surface area contributed by atoms with Gasteiger partial charge in [-0.25, -0.2) is 0 Å². The number of hydrogen-bond acceptors (Lipinski definition) is 2. The van der Waals surface area contributed by atoms with Crippen LogP contribution in [-0.4, -0.2) is 11.7 Å². The normalized spacial score (nSPS) is 24.6. The number of fused-ring (bicyclic) bond motifs is 1. The monoisotopic (exact) mass is 267 g/mol. The maximum atomic E-state index is 10.3. The molecule has 0 aliphatic heterocycles. The predicted molar refractivity (Wildman–Crippen MR) is 81.5 cm³/mol. The van der Waals surface area contributed by atoms with Gasteiger partial charge in [0.2, 0.25) is 0 Å². The first-order valence-electron chi connectivity index (χ1n) is 7.31. The van der Waals surface area contributed by atoms with E-state index in [9.17, 15) is 5.11 Å². The molecule has 3 rings (SSSR count). The highest BCUT2D eigenvalue weighted by molar-refractivity contribution is 5.37. The van der Waals surface area contributed by atoms with E-state index in [2.05, 4.69) is 48.6 Å². The molecule has 0 heterocycles. The quantitative estimate of drug-likeness (QED) is 0.891. The fourth-order valence-electron chi connectivity index (χ4n) is 3.12. The molecule has 0 radical (unpaired) electrons. The van der Waals surface area contributed by atoms with Crippen molar-refractivity contribution in [3.05, 3.63) is 71.3 Å². The summed E-state index contributed by atoms with van der Waals surface area (Å²) >= 11 is 0. The van der Waals surface area contributed by atoms with Gasteiger partial charge in [0.1, 0.15) is 0 Å². The molecular formula is C18H21NO. The zero-order valence-corrected chi connectivity index (χ0v) is 11.8. The number of benzene rings is 2. The summed E-state index contributed by atoms with van der Waals surface area (Å²) in [5.74, 6) is 0.225. The highest BCUT2D eigenvalue weighted by Gasteiger charge is 2.35. The number of aliphatic hydroxyl groups excluding tert-OH is 1. The van der Waals surface area contributed by atoms with Crippen LogP contribution in [0.25, 0.3) is 0 Å². The van der Waals surface area contributed by atoms with E-state index in [1.165, 1.54) is 11.1 Å². The largest absolute Gasteiger partial charge is 0.388 e. The average Bonchev–Trinajstić information content (AvgIpc) is 2.74. The molecule has 2 nitrogen and oxygen atoms in total. The zero-order valence-electron chi connectivity index (χ0n) is 11.8. The van der Waals surface area contributed by atoms with Crippen LogP contribution in [-0.2, 0) is 6.42 Å². The third kappa shape index (κ3) is 2.49. The lowest BCUT2D eigenvalue weighted by Gasteiger charge is -2.20. The predicted octanol–water partition coefficient (Wildman–Crippen LogP) is 3.24. The Hall–Kier alpha value is -1.64. The molecule has 1 aliphatic carbocycles. The van der Waals surface area contributed by atoms with E-state index >= 15 is 0 Å². The average molecular weight is 267 g/mol. The van der Waals surface area contributed by atoms with Gasteiger partial charge in [0.05, 0.1) is 6.10 Å². The molecule has 0 amide bonds. The van der Waals surface area contributed by atoms with E-state index < -0.39 is 0 Å². The van der Waals surface area contributed by atoms with Crippen molar-refractivity contribution in [1.29, 1.82) is 0 Å². The summed E-state index contributed by atoms with van der Waals surface area (Å²) in [6.07, 6.45) is 0.669. The maximum absolute atomic E-state index is 10.3. The molecule has 0 bridgehead atoms. The minimum Gasteiger partial charge on any atom is -0.388 e. The summed E-state index contributed by atoms with van der Waals surface area (Å²) in [5.41, 5.74) is 3.68. The molecule has 2 heteroatoms. The third-order valence-corrected chi connectivity index (χ3v) is 4.29. The van der Waals surface area contributed by atoms with Gasteiger partial charge in [-0.1, -0.05) is 61.5 Å². The van der Waals surface area contributed by atoms with Crippen molar-refractivity contribution in [2.45, 2.75) is 25.5 Å². The van der Waals surface area contributed by atoms with Crippen LogP contribution in [0.5, 0.6) is 0 Å². The Morgan fingerprint density at radius 1 is 0.950 bits per heavy atom. The smallest absolute Gasteiger partial charge is 0.0836 e. The molecule has 2 aromatic carbocycles. The second-order valence-electron chi connectivity index (χ2n) is 5.60. The van der Waals surface area contributed by atoms with Crippen LogP contribution in [0.15, 0.2) is 54.6 Å². The van der Waals surface area contributed by atoms with Gasteiger partial charge in [0, 0.05) is 12.0 Å². The lowest BCUT2D eigenvalue weighted by Crippen LogP contribution is -2.27. The molecule has 20 heavy (non-hydrogen) atoms. The minimum atomic E-state index is -0.347. The first kappa shape index (κ1) is 13.3. The first-order chi connectivity index (χ1) is 9.77. The summed E-state index contributed by atoms with van der Waals surface area (Å²) in [6, 6.07) is 19.0. The Labute approximate surface area is 120 Å². The fraction of sp³-hybridized carbons (Fsp3) is 0.333. The van der Waals surface area contributed by atoms with Gasteiger partial charge >= 0.3 is 0 Å². The SMILES string of the molecule is CC1C(O)c2ccccc2C1NCCc1ccccc1. The summed E-state index contributed by atoms with van der Waals surface area (Å²) in [6.45, 7) is 3.05. The van der Waals surface area contributed by atoms with Gasteiger partial charge in [0.25, 0.3) is 0 Å². The molecule has 3 unspecified atom stereocenters. The van der Waals surface area contributed by atoms with Crippen LogP contribution in [0, 0.1) is 5.92 Å². The van der Waals surface area contributed by atoms with Crippen molar-refractivity contribution in [3.8, 4) is 0 Å². The van der Waals surface area contributed by atoms with E-state index in [1.807, 2.05) is 18.2 Å². The van der Waals surface area contributed by atoms with Crippen molar-refractivity contribution in [2.24, 2.45) is 5.92 Å². The van der Waals surface area contributed by atoms with Gasteiger partial charge < -0.3 is 10.4 Å². The molecule has 0 spiro atoms. The van der Waals surface area contributed by atoms with Crippen molar-refractivity contribution in [1.82, 2.24) is 5.32 Å². The van der Waals surface area contributed by atoms with E-state index in [1.54, 1.807) is 0 Å². The van der Waals surface area contributed by atoms with Crippen LogP contribution in [0.2, 0.25) is 0 Å². The summed E-state index contributed by atoms with van der Waals surface area (Å²) in [5, 5.41) is 13.9. The summed E-state index contributed by atoms with van der Waals surface area (Å²) in [4.78, 5) is 0. The van der Waals surface area contributed by atoms with Crippen LogP contribution < -0.4 is 5.32 Å². The Kier molecular flexibility index (Phi) is 3.86. The summed E-state index contributed by atoms with van der Waals surface area (Å²) < 4.78 is 0. The van der Waals surface area contributed by atoms with Crippen molar-refractivity contribution < 1.29 is 5.11 Å². The molecule has 1 aliphatic rings. The molecule has 2 N–H and O–H groups in total. The highest BCUT2D eigenvalue weighted by atomic mass is 16.3. The van der Waals surface area contributed by atoms with Crippen LogP contribution >= 0.6 is 0 Å². The molecule has 0 saturated heterocycles. The van der Waals surface area contributed by atoms with Crippen molar-refractivity contribution >= 4 is 0 Å². The van der Waals surface area contributed by atoms with Gasteiger partial charge in [-0.05, 0) is 29.7 Å². The molecular weight excluding hydrogens is 246 g/mol. The lowest BCUT2D eigenvalue weighted by molar-refractivity contribution is 0.114. The van der Waals surface area contributed by atoms with E-state index in [0.717, 1.165) is 18.5 Å². The Balaban J connectivity index is 1.66. The van der Waals surface area contributed by atoms with Gasteiger partial charge in [-0.3, -0.25) is 0 Å². The second-order valence-corrected chi connectivity index (χ2v) is 5.60. The van der Waals surface area contributed by atoms with E-state index in [0.29, 0.717) is 0 Å². The molecule has 0 fully saturated rings. The molecule has 3 atom stereocenters. The topological polar surface area (TPSA) is 32.3 Å².